The molecule has 2 heterocycles. The molecule has 0 fully saturated rings. The van der Waals surface area contributed by atoms with E-state index in [4.69, 9.17) is 4.74 Å². The summed E-state index contributed by atoms with van der Waals surface area (Å²) >= 11 is 0. The summed E-state index contributed by atoms with van der Waals surface area (Å²) in [5.41, 5.74) is -1.01. The number of ether oxygens (including phenoxy) is 1. The number of carbonyl (C=O) groups is 1. The number of rotatable bonds is 1. The molecule has 26 heavy (non-hydrogen) atoms. The number of hydrogen-bond acceptors (Lipinski definition) is 4. The van der Waals surface area contributed by atoms with Gasteiger partial charge in [0.15, 0.2) is 11.6 Å². The molecule has 9 heteroatoms. The van der Waals surface area contributed by atoms with Gasteiger partial charge in [-0.3, -0.25) is 4.90 Å². The third-order valence-electron chi connectivity index (χ3n) is 3.85. The molecule has 0 aliphatic carbocycles. The van der Waals surface area contributed by atoms with Crippen molar-refractivity contribution < 1.29 is 22.7 Å². The molecular weight excluding hydrogens is 349 g/mol. The van der Waals surface area contributed by atoms with Gasteiger partial charge in [0.2, 0.25) is 0 Å². The van der Waals surface area contributed by atoms with Crippen LogP contribution in [-0.2, 0) is 24.0 Å². The van der Waals surface area contributed by atoms with Crippen LogP contribution in [-0.4, -0.2) is 37.9 Å². The number of halogens is 3. The minimum atomic E-state index is -4.42. The van der Waals surface area contributed by atoms with Gasteiger partial charge in [0.1, 0.15) is 5.60 Å². The van der Waals surface area contributed by atoms with Crippen molar-refractivity contribution in [2.24, 2.45) is 0 Å². The fourth-order valence-electron chi connectivity index (χ4n) is 2.69. The Hall–Kier alpha value is -2.58. The van der Waals surface area contributed by atoms with Crippen molar-refractivity contribution in [1.29, 1.82) is 0 Å². The zero-order chi connectivity index (χ0) is 19.1. The predicted molar refractivity (Wildman–Crippen MR) is 87.1 cm³/mol. The monoisotopic (exact) mass is 368 g/mol. The summed E-state index contributed by atoms with van der Waals surface area (Å²) in [5, 5.41) is 8.06. The molecule has 1 amide bonds. The number of fused-ring (bicyclic) bond motifs is 1. The molecule has 1 aromatic heterocycles. The Balaban J connectivity index is 1.83. The second-order valence-electron chi connectivity index (χ2n) is 7.07. The van der Waals surface area contributed by atoms with Crippen LogP contribution in [0, 0.1) is 0 Å². The summed E-state index contributed by atoms with van der Waals surface area (Å²) < 4.78 is 45.8. The van der Waals surface area contributed by atoms with Crippen LogP contribution >= 0.6 is 0 Å². The van der Waals surface area contributed by atoms with Gasteiger partial charge in [-0.15, -0.1) is 10.2 Å². The fraction of sp³-hybridized carbons (Fsp3) is 0.471. The standard InChI is InChI=1S/C17H19F3N4O2/c1-16(2,3)26-15(25)23-7-8-24-13(10-23)21-22-14(24)11-5-4-6-12(9-11)17(18,19)20/h4-6,9H,7-8,10H2,1-3H3. The lowest BCUT2D eigenvalue weighted by atomic mass is 10.1. The Labute approximate surface area is 148 Å². The van der Waals surface area contributed by atoms with Crippen molar-refractivity contribution in [2.45, 2.75) is 45.6 Å². The van der Waals surface area contributed by atoms with Gasteiger partial charge in [0.05, 0.1) is 12.1 Å². The largest absolute Gasteiger partial charge is 0.444 e. The van der Waals surface area contributed by atoms with Gasteiger partial charge in [0.25, 0.3) is 0 Å². The van der Waals surface area contributed by atoms with Crippen molar-refractivity contribution in [3.63, 3.8) is 0 Å². The normalized spacial score (nSPS) is 14.9. The molecule has 6 nitrogen and oxygen atoms in total. The summed E-state index contributed by atoms with van der Waals surface area (Å²) in [4.78, 5) is 13.7. The summed E-state index contributed by atoms with van der Waals surface area (Å²) in [6.45, 7) is 6.29. The van der Waals surface area contributed by atoms with E-state index in [9.17, 15) is 18.0 Å². The molecule has 0 unspecified atom stereocenters. The smallest absolute Gasteiger partial charge is 0.416 e. The molecule has 1 aliphatic heterocycles. The molecule has 3 rings (SSSR count). The Morgan fingerprint density at radius 2 is 1.88 bits per heavy atom. The highest BCUT2D eigenvalue weighted by molar-refractivity contribution is 5.68. The lowest BCUT2D eigenvalue weighted by Gasteiger charge is -2.30. The number of amides is 1. The van der Waals surface area contributed by atoms with E-state index in [1.807, 2.05) is 0 Å². The van der Waals surface area contributed by atoms with E-state index in [1.165, 1.54) is 11.0 Å². The molecule has 0 bridgehead atoms. The van der Waals surface area contributed by atoms with E-state index in [0.717, 1.165) is 12.1 Å². The van der Waals surface area contributed by atoms with Gasteiger partial charge >= 0.3 is 12.3 Å². The van der Waals surface area contributed by atoms with Crippen LogP contribution in [0.4, 0.5) is 18.0 Å². The van der Waals surface area contributed by atoms with Crippen molar-refractivity contribution in [2.75, 3.05) is 6.54 Å². The van der Waals surface area contributed by atoms with Gasteiger partial charge < -0.3 is 9.30 Å². The number of aromatic nitrogens is 3. The molecule has 2 aromatic rings. The Bertz CT molecular complexity index is 824. The van der Waals surface area contributed by atoms with Crippen LogP contribution in [0.2, 0.25) is 0 Å². The highest BCUT2D eigenvalue weighted by atomic mass is 19.4. The van der Waals surface area contributed by atoms with Crippen molar-refractivity contribution in [3.8, 4) is 11.4 Å². The topological polar surface area (TPSA) is 60.2 Å². The van der Waals surface area contributed by atoms with Gasteiger partial charge in [-0.1, -0.05) is 12.1 Å². The van der Waals surface area contributed by atoms with Gasteiger partial charge in [0, 0.05) is 18.7 Å². The Kier molecular flexibility index (Phi) is 4.41. The van der Waals surface area contributed by atoms with E-state index < -0.39 is 23.4 Å². The van der Waals surface area contributed by atoms with E-state index in [-0.39, 0.29) is 6.54 Å². The van der Waals surface area contributed by atoms with Gasteiger partial charge in [-0.25, -0.2) is 4.79 Å². The van der Waals surface area contributed by atoms with Gasteiger partial charge in [-0.2, -0.15) is 13.2 Å². The number of alkyl halides is 3. The maximum absolute atomic E-state index is 12.9. The van der Waals surface area contributed by atoms with Crippen LogP contribution in [0.15, 0.2) is 24.3 Å². The van der Waals surface area contributed by atoms with Crippen LogP contribution < -0.4 is 0 Å². The van der Waals surface area contributed by atoms with Gasteiger partial charge in [-0.05, 0) is 32.9 Å². The molecule has 0 atom stereocenters. The summed E-state index contributed by atoms with van der Waals surface area (Å²) in [6, 6.07) is 4.97. The van der Waals surface area contributed by atoms with E-state index >= 15 is 0 Å². The zero-order valence-corrected chi connectivity index (χ0v) is 14.7. The molecule has 0 saturated heterocycles. The van der Waals surface area contributed by atoms with E-state index in [1.54, 1.807) is 31.4 Å². The van der Waals surface area contributed by atoms with Crippen molar-refractivity contribution >= 4 is 6.09 Å². The second-order valence-corrected chi connectivity index (χ2v) is 7.07. The Morgan fingerprint density at radius 3 is 2.54 bits per heavy atom. The molecule has 0 radical (unpaired) electrons. The molecular formula is C17H19F3N4O2. The summed E-state index contributed by atoms with van der Waals surface area (Å²) in [6.07, 6.45) is -4.87. The Morgan fingerprint density at radius 1 is 1.15 bits per heavy atom. The lowest BCUT2D eigenvalue weighted by molar-refractivity contribution is -0.137. The first-order valence-electron chi connectivity index (χ1n) is 8.12. The first-order valence-corrected chi connectivity index (χ1v) is 8.12. The maximum atomic E-state index is 12.9. The maximum Gasteiger partial charge on any atom is 0.416 e. The minimum Gasteiger partial charge on any atom is -0.444 e. The highest BCUT2D eigenvalue weighted by Gasteiger charge is 2.32. The molecule has 1 aliphatic rings. The number of nitrogens with zero attached hydrogens (tertiary/aromatic N) is 4. The third kappa shape index (κ3) is 3.81. The van der Waals surface area contributed by atoms with Crippen molar-refractivity contribution in [3.05, 3.63) is 35.7 Å². The average Bonchev–Trinajstić information content (AvgIpc) is 2.95. The first-order chi connectivity index (χ1) is 12.0. The molecule has 140 valence electrons. The van der Waals surface area contributed by atoms with Crippen LogP contribution in [0.25, 0.3) is 11.4 Å². The average molecular weight is 368 g/mol. The van der Waals surface area contributed by atoms with Crippen LogP contribution in [0.3, 0.4) is 0 Å². The highest BCUT2D eigenvalue weighted by Crippen LogP contribution is 2.32. The first kappa shape index (κ1) is 18.2. The molecule has 0 N–H and O–H groups in total. The van der Waals surface area contributed by atoms with E-state index in [2.05, 4.69) is 10.2 Å². The van der Waals surface area contributed by atoms with Crippen LogP contribution in [0.1, 0.15) is 32.2 Å². The van der Waals surface area contributed by atoms with Crippen LogP contribution in [0.5, 0.6) is 0 Å². The summed E-state index contributed by atoms with van der Waals surface area (Å²) in [5.74, 6) is 0.865. The number of hydrogen-bond donors (Lipinski definition) is 0. The summed E-state index contributed by atoms with van der Waals surface area (Å²) in [7, 11) is 0. The fourth-order valence-corrected chi connectivity index (χ4v) is 2.69. The quantitative estimate of drug-likeness (QED) is 0.770. The van der Waals surface area contributed by atoms with Crippen molar-refractivity contribution in [1.82, 2.24) is 19.7 Å². The molecule has 0 spiro atoms. The third-order valence-corrected chi connectivity index (χ3v) is 3.85. The molecule has 0 saturated carbocycles. The zero-order valence-electron chi connectivity index (χ0n) is 14.7. The lowest BCUT2D eigenvalue weighted by Crippen LogP contribution is -2.41. The number of carbonyl (C=O) groups excluding carboxylic acids is 1. The second kappa shape index (κ2) is 6.30. The van der Waals surface area contributed by atoms with E-state index in [0.29, 0.717) is 30.3 Å². The number of benzene rings is 1. The predicted octanol–water partition coefficient (Wildman–Crippen LogP) is 3.71. The SMILES string of the molecule is CC(C)(C)OC(=O)N1CCn2c(nnc2-c2cccc(C(F)(F)F)c2)C1. The minimum absolute atomic E-state index is 0.195. The molecule has 1 aromatic carbocycles.